The number of carbonyl (C=O) groups excluding carboxylic acids is 2. The number of hydrogen-bond acceptors (Lipinski definition) is 3. The van der Waals surface area contributed by atoms with E-state index < -0.39 is 17.7 Å². The smallest absolute Gasteiger partial charge is 0.255 e. The van der Waals surface area contributed by atoms with Gasteiger partial charge in [-0.1, -0.05) is 36.4 Å². The average Bonchev–Trinajstić information content (AvgIpc) is 2.66. The third kappa shape index (κ3) is 3.23. The minimum Gasteiger partial charge on any atom is -0.369 e. The zero-order valence-corrected chi connectivity index (χ0v) is 14.6. The number of amides is 2. The van der Waals surface area contributed by atoms with Gasteiger partial charge >= 0.3 is 0 Å². The SMILES string of the molecule is CC(C(N)=O)C(=O)N(Cl)c1ncc2ccccc2c1-c1ccc(F)cc1. The summed E-state index contributed by atoms with van der Waals surface area (Å²) in [5.74, 6) is -2.82. The van der Waals surface area contributed by atoms with Crippen molar-refractivity contribution in [2.24, 2.45) is 11.7 Å². The first kappa shape index (κ1) is 17.8. The molecule has 1 aromatic heterocycles. The maximum atomic E-state index is 13.3. The topological polar surface area (TPSA) is 76.3 Å². The van der Waals surface area contributed by atoms with Crippen LogP contribution in [0.2, 0.25) is 0 Å². The van der Waals surface area contributed by atoms with E-state index >= 15 is 0 Å². The summed E-state index contributed by atoms with van der Waals surface area (Å²) < 4.78 is 14.1. The van der Waals surface area contributed by atoms with Gasteiger partial charge in [0.05, 0.1) is 0 Å². The van der Waals surface area contributed by atoms with Crippen molar-refractivity contribution in [1.29, 1.82) is 0 Å². The predicted molar refractivity (Wildman–Crippen MR) is 98.8 cm³/mol. The molecular formula is C19H15ClFN3O2. The highest BCUT2D eigenvalue weighted by atomic mass is 35.5. The predicted octanol–water partition coefficient (Wildman–Crippen LogP) is 3.65. The molecule has 1 unspecified atom stereocenters. The highest BCUT2D eigenvalue weighted by Crippen LogP contribution is 2.37. The molecule has 7 heteroatoms. The van der Waals surface area contributed by atoms with Crippen LogP contribution < -0.4 is 10.2 Å². The number of anilines is 1. The van der Waals surface area contributed by atoms with Crippen LogP contribution in [0.5, 0.6) is 0 Å². The monoisotopic (exact) mass is 371 g/mol. The van der Waals surface area contributed by atoms with Crippen LogP contribution in [0.15, 0.2) is 54.7 Å². The van der Waals surface area contributed by atoms with E-state index in [1.54, 1.807) is 18.3 Å². The van der Waals surface area contributed by atoms with Crippen molar-refractivity contribution in [3.63, 3.8) is 0 Å². The minimum atomic E-state index is -1.11. The Bertz CT molecular complexity index is 992. The highest BCUT2D eigenvalue weighted by Gasteiger charge is 2.28. The fraction of sp³-hybridized carbons (Fsp3) is 0.105. The Morgan fingerprint density at radius 2 is 1.81 bits per heavy atom. The molecule has 0 saturated heterocycles. The Balaban J connectivity index is 2.22. The van der Waals surface area contributed by atoms with Crippen molar-refractivity contribution >= 4 is 40.2 Å². The van der Waals surface area contributed by atoms with Crippen LogP contribution in [0.3, 0.4) is 0 Å². The number of primary amides is 1. The third-order valence-electron chi connectivity index (χ3n) is 4.09. The fourth-order valence-corrected chi connectivity index (χ4v) is 2.87. The molecule has 1 heterocycles. The minimum absolute atomic E-state index is 0.148. The normalized spacial score (nSPS) is 12.0. The molecule has 2 amide bonds. The van der Waals surface area contributed by atoms with E-state index in [0.717, 1.165) is 15.2 Å². The summed E-state index contributed by atoms with van der Waals surface area (Å²) in [6.45, 7) is 1.37. The third-order valence-corrected chi connectivity index (χ3v) is 4.42. The number of hydrogen-bond donors (Lipinski definition) is 1. The quantitative estimate of drug-likeness (QED) is 0.561. The van der Waals surface area contributed by atoms with Crippen molar-refractivity contribution < 1.29 is 14.0 Å². The molecule has 3 rings (SSSR count). The zero-order valence-electron chi connectivity index (χ0n) is 13.8. The second-order valence-corrected chi connectivity index (χ2v) is 6.13. The van der Waals surface area contributed by atoms with E-state index in [1.807, 2.05) is 24.3 Å². The Morgan fingerprint density at radius 1 is 1.15 bits per heavy atom. The molecule has 2 aromatic carbocycles. The van der Waals surface area contributed by atoms with Crippen LogP contribution in [-0.4, -0.2) is 16.8 Å². The Hall–Kier alpha value is -2.99. The summed E-state index contributed by atoms with van der Waals surface area (Å²) in [6.07, 6.45) is 1.58. The molecule has 0 fully saturated rings. The van der Waals surface area contributed by atoms with E-state index in [2.05, 4.69) is 4.98 Å². The molecule has 0 aliphatic heterocycles. The largest absolute Gasteiger partial charge is 0.369 e. The molecule has 132 valence electrons. The summed E-state index contributed by atoms with van der Waals surface area (Å²) in [5.41, 5.74) is 6.40. The summed E-state index contributed by atoms with van der Waals surface area (Å²) in [4.78, 5) is 28.1. The van der Waals surface area contributed by atoms with Gasteiger partial charge in [-0.15, -0.1) is 0 Å². The van der Waals surface area contributed by atoms with Gasteiger partial charge in [-0.3, -0.25) is 9.59 Å². The molecular weight excluding hydrogens is 357 g/mol. The van der Waals surface area contributed by atoms with Crippen LogP contribution in [0.4, 0.5) is 10.2 Å². The fourth-order valence-electron chi connectivity index (χ4n) is 2.60. The van der Waals surface area contributed by atoms with Crippen molar-refractivity contribution in [3.05, 3.63) is 60.5 Å². The van der Waals surface area contributed by atoms with E-state index in [1.165, 1.54) is 19.1 Å². The molecule has 0 saturated carbocycles. The lowest BCUT2D eigenvalue weighted by atomic mass is 9.99. The van der Waals surface area contributed by atoms with Gasteiger partial charge in [-0.05, 0) is 30.0 Å². The number of benzene rings is 2. The number of halogens is 2. The molecule has 3 aromatic rings. The number of carbonyl (C=O) groups is 2. The molecule has 2 N–H and O–H groups in total. The van der Waals surface area contributed by atoms with Gasteiger partial charge in [0, 0.05) is 28.9 Å². The second-order valence-electron chi connectivity index (χ2n) is 5.79. The van der Waals surface area contributed by atoms with Gasteiger partial charge in [0.15, 0.2) is 5.82 Å². The number of nitrogens with zero attached hydrogens (tertiary/aromatic N) is 2. The number of pyridine rings is 1. The number of rotatable bonds is 4. The van der Waals surface area contributed by atoms with Crippen LogP contribution in [0, 0.1) is 11.7 Å². The van der Waals surface area contributed by atoms with E-state index in [0.29, 0.717) is 11.1 Å². The standard InChI is InChI=1S/C19H15ClFN3O2/c1-11(17(22)25)19(26)24(20)18-16(12-6-8-14(21)9-7-12)15-5-3-2-4-13(15)10-23-18/h2-11H,1H3,(H2,22,25). The number of nitrogens with two attached hydrogens (primary N) is 1. The first-order valence-corrected chi connectivity index (χ1v) is 8.16. The number of fused-ring (bicyclic) bond motifs is 1. The van der Waals surface area contributed by atoms with Crippen LogP contribution >= 0.6 is 11.8 Å². The molecule has 0 aliphatic rings. The molecule has 0 aliphatic carbocycles. The van der Waals surface area contributed by atoms with E-state index in [-0.39, 0.29) is 11.6 Å². The van der Waals surface area contributed by atoms with Gasteiger partial charge in [0.1, 0.15) is 11.7 Å². The van der Waals surface area contributed by atoms with Gasteiger partial charge < -0.3 is 5.73 Å². The molecule has 0 radical (unpaired) electrons. The highest BCUT2D eigenvalue weighted by molar-refractivity contribution is 6.39. The molecule has 0 bridgehead atoms. The summed E-state index contributed by atoms with van der Waals surface area (Å²) in [5, 5.41) is 1.62. The van der Waals surface area contributed by atoms with Gasteiger partial charge in [-0.25, -0.2) is 13.8 Å². The summed E-state index contributed by atoms with van der Waals surface area (Å²) in [6, 6.07) is 13.2. The molecule has 26 heavy (non-hydrogen) atoms. The maximum Gasteiger partial charge on any atom is 0.255 e. The lowest BCUT2D eigenvalue weighted by Gasteiger charge is -2.20. The van der Waals surface area contributed by atoms with Crippen molar-refractivity contribution in [1.82, 2.24) is 4.98 Å². The summed E-state index contributed by atoms with van der Waals surface area (Å²) >= 11 is 6.22. The van der Waals surface area contributed by atoms with Crippen molar-refractivity contribution in [2.75, 3.05) is 4.42 Å². The van der Waals surface area contributed by atoms with Gasteiger partial charge in [0.25, 0.3) is 5.91 Å². The lowest BCUT2D eigenvalue weighted by molar-refractivity contribution is -0.130. The van der Waals surface area contributed by atoms with Crippen molar-refractivity contribution in [2.45, 2.75) is 6.92 Å². The van der Waals surface area contributed by atoms with Gasteiger partial charge in [0.2, 0.25) is 5.91 Å². The molecule has 1 atom stereocenters. The maximum absolute atomic E-state index is 13.3. The van der Waals surface area contributed by atoms with Crippen LogP contribution in [-0.2, 0) is 9.59 Å². The molecule has 5 nitrogen and oxygen atoms in total. The van der Waals surface area contributed by atoms with E-state index in [4.69, 9.17) is 17.5 Å². The average molecular weight is 372 g/mol. The lowest BCUT2D eigenvalue weighted by Crippen LogP contribution is -2.36. The molecule has 0 spiro atoms. The Morgan fingerprint density at radius 3 is 2.46 bits per heavy atom. The Labute approximate surface area is 154 Å². The van der Waals surface area contributed by atoms with E-state index in [9.17, 15) is 14.0 Å². The zero-order chi connectivity index (χ0) is 18.8. The van der Waals surface area contributed by atoms with Gasteiger partial charge in [-0.2, -0.15) is 0 Å². The Kier molecular flexibility index (Phi) is 4.86. The number of aromatic nitrogens is 1. The van der Waals surface area contributed by atoms with Crippen molar-refractivity contribution in [3.8, 4) is 11.1 Å². The van der Waals surface area contributed by atoms with Crippen LogP contribution in [0.1, 0.15) is 6.92 Å². The van der Waals surface area contributed by atoms with Crippen LogP contribution in [0.25, 0.3) is 21.9 Å². The summed E-state index contributed by atoms with van der Waals surface area (Å²) in [7, 11) is 0. The second kappa shape index (κ2) is 7.09. The first-order chi connectivity index (χ1) is 12.4. The first-order valence-electron chi connectivity index (χ1n) is 7.83.